The minimum atomic E-state index is -1.01. The molecule has 2 aliphatic carbocycles. The summed E-state index contributed by atoms with van der Waals surface area (Å²) in [6.45, 7) is 0.494. The molecule has 3 aromatic carbocycles. The molecule has 1 amide bonds. The van der Waals surface area contributed by atoms with Crippen molar-refractivity contribution in [2.24, 2.45) is 0 Å². The molecular weight excluding hydrogens is 454 g/mol. The van der Waals surface area contributed by atoms with Gasteiger partial charge in [-0.1, -0.05) is 67.8 Å². The van der Waals surface area contributed by atoms with Crippen LogP contribution in [-0.2, 0) is 11.3 Å². The number of hydrogen-bond acceptors (Lipinski definition) is 4. The standard InChI is InChI=1S/C30H31NO5/c1-35-28-16-15-20(29(32)33)17-21(28)18-31(22-9-3-2-4-10-22)30(34)36-19-27-25-13-7-5-11-23(25)24-12-6-8-14-26(24)27/h5-8,11-17,22,27H,2-4,9-10,18-19H2,1H3,(H,32,33). The molecule has 0 atom stereocenters. The molecule has 1 N–H and O–H groups in total. The maximum absolute atomic E-state index is 13.6. The Hall–Kier alpha value is -3.80. The van der Waals surface area contributed by atoms with Crippen LogP contribution in [0.5, 0.6) is 5.75 Å². The van der Waals surface area contributed by atoms with Crippen LogP contribution in [0.15, 0.2) is 66.7 Å². The number of nitrogens with zero attached hydrogens (tertiary/aromatic N) is 1. The second kappa shape index (κ2) is 10.4. The number of ether oxygens (including phenoxy) is 2. The minimum absolute atomic E-state index is 0.0144. The molecule has 0 aromatic heterocycles. The Morgan fingerprint density at radius 3 is 2.17 bits per heavy atom. The van der Waals surface area contributed by atoms with E-state index in [0.717, 1.165) is 32.1 Å². The van der Waals surface area contributed by atoms with E-state index < -0.39 is 5.97 Å². The lowest BCUT2D eigenvalue weighted by Crippen LogP contribution is -2.41. The fraction of sp³-hybridized carbons (Fsp3) is 0.333. The van der Waals surface area contributed by atoms with Crippen LogP contribution >= 0.6 is 0 Å². The Morgan fingerprint density at radius 2 is 1.56 bits per heavy atom. The van der Waals surface area contributed by atoms with Crippen molar-refractivity contribution in [3.05, 3.63) is 89.0 Å². The zero-order valence-electron chi connectivity index (χ0n) is 20.5. The minimum Gasteiger partial charge on any atom is -0.496 e. The van der Waals surface area contributed by atoms with Gasteiger partial charge in [-0.15, -0.1) is 0 Å². The quantitative estimate of drug-likeness (QED) is 0.415. The predicted molar refractivity (Wildman–Crippen MR) is 137 cm³/mol. The highest BCUT2D eigenvalue weighted by molar-refractivity contribution is 5.88. The third kappa shape index (κ3) is 4.68. The number of aromatic carboxylic acids is 1. The van der Waals surface area contributed by atoms with Gasteiger partial charge in [0.2, 0.25) is 0 Å². The van der Waals surface area contributed by atoms with E-state index in [0.29, 0.717) is 11.3 Å². The van der Waals surface area contributed by atoms with Crippen molar-refractivity contribution < 1.29 is 24.2 Å². The van der Waals surface area contributed by atoms with Gasteiger partial charge in [0, 0.05) is 17.5 Å². The molecule has 6 heteroatoms. The Labute approximate surface area is 211 Å². The van der Waals surface area contributed by atoms with E-state index in [1.807, 2.05) is 24.3 Å². The molecular formula is C30H31NO5. The number of carboxylic acid groups (broad SMARTS) is 1. The molecule has 36 heavy (non-hydrogen) atoms. The van der Waals surface area contributed by atoms with E-state index in [-0.39, 0.29) is 36.8 Å². The van der Waals surface area contributed by atoms with Crippen LogP contribution in [0.3, 0.4) is 0 Å². The van der Waals surface area contributed by atoms with E-state index in [9.17, 15) is 14.7 Å². The number of carboxylic acids is 1. The molecule has 0 heterocycles. The van der Waals surface area contributed by atoms with Crippen molar-refractivity contribution in [1.29, 1.82) is 0 Å². The molecule has 0 radical (unpaired) electrons. The summed E-state index contributed by atoms with van der Waals surface area (Å²) >= 11 is 0. The molecule has 0 unspecified atom stereocenters. The Bertz CT molecular complexity index is 1220. The molecule has 5 rings (SSSR count). The number of methoxy groups -OCH3 is 1. The van der Waals surface area contributed by atoms with E-state index in [2.05, 4.69) is 24.3 Å². The molecule has 0 spiro atoms. The van der Waals surface area contributed by atoms with Crippen LogP contribution < -0.4 is 4.74 Å². The summed E-state index contributed by atoms with van der Waals surface area (Å²) in [6, 6.07) is 21.4. The fourth-order valence-electron chi connectivity index (χ4n) is 5.63. The van der Waals surface area contributed by atoms with Crippen molar-refractivity contribution in [2.75, 3.05) is 13.7 Å². The largest absolute Gasteiger partial charge is 0.496 e. The first-order chi connectivity index (χ1) is 17.6. The number of carbonyl (C=O) groups excluding carboxylic acids is 1. The maximum Gasteiger partial charge on any atom is 0.410 e. The van der Waals surface area contributed by atoms with Crippen molar-refractivity contribution in [3.8, 4) is 16.9 Å². The molecule has 0 bridgehead atoms. The van der Waals surface area contributed by atoms with Crippen molar-refractivity contribution >= 4 is 12.1 Å². The van der Waals surface area contributed by atoms with Crippen LogP contribution in [0.1, 0.15) is 65.1 Å². The molecule has 3 aromatic rings. The van der Waals surface area contributed by atoms with Gasteiger partial charge in [-0.25, -0.2) is 9.59 Å². The fourth-order valence-corrected chi connectivity index (χ4v) is 5.63. The van der Waals surface area contributed by atoms with Gasteiger partial charge in [-0.2, -0.15) is 0 Å². The number of benzene rings is 3. The van der Waals surface area contributed by atoms with Gasteiger partial charge in [0.25, 0.3) is 0 Å². The molecule has 2 aliphatic rings. The Morgan fingerprint density at radius 1 is 0.917 bits per heavy atom. The molecule has 186 valence electrons. The lowest BCUT2D eigenvalue weighted by atomic mass is 9.94. The van der Waals surface area contributed by atoms with E-state index >= 15 is 0 Å². The summed E-state index contributed by atoms with van der Waals surface area (Å²) in [5.41, 5.74) is 5.55. The zero-order valence-corrected chi connectivity index (χ0v) is 20.5. The number of rotatable bonds is 7. The monoisotopic (exact) mass is 485 g/mol. The Kier molecular flexibility index (Phi) is 6.94. The first-order valence-electron chi connectivity index (χ1n) is 12.6. The van der Waals surface area contributed by atoms with Crippen LogP contribution in [0.4, 0.5) is 4.79 Å². The topological polar surface area (TPSA) is 76.1 Å². The molecule has 0 saturated heterocycles. The smallest absolute Gasteiger partial charge is 0.410 e. The van der Waals surface area contributed by atoms with Crippen LogP contribution in [0.2, 0.25) is 0 Å². The summed E-state index contributed by atoms with van der Waals surface area (Å²) in [6.07, 6.45) is 4.73. The first-order valence-corrected chi connectivity index (χ1v) is 12.6. The van der Waals surface area contributed by atoms with Crippen LogP contribution in [-0.4, -0.2) is 41.8 Å². The second-order valence-corrected chi connectivity index (χ2v) is 9.56. The summed E-state index contributed by atoms with van der Waals surface area (Å²) in [7, 11) is 1.55. The highest BCUT2D eigenvalue weighted by Gasteiger charge is 2.32. The van der Waals surface area contributed by atoms with Gasteiger partial charge < -0.3 is 19.5 Å². The molecule has 0 aliphatic heterocycles. The van der Waals surface area contributed by atoms with Gasteiger partial charge in [-0.3, -0.25) is 0 Å². The van der Waals surface area contributed by atoms with Crippen LogP contribution in [0, 0.1) is 0 Å². The predicted octanol–water partition coefficient (Wildman–Crippen LogP) is 6.48. The van der Waals surface area contributed by atoms with Gasteiger partial charge in [0.1, 0.15) is 12.4 Å². The summed E-state index contributed by atoms with van der Waals surface area (Å²) in [5, 5.41) is 9.48. The summed E-state index contributed by atoms with van der Waals surface area (Å²) in [4.78, 5) is 26.9. The number of fused-ring (bicyclic) bond motifs is 3. The number of hydrogen-bond donors (Lipinski definition) is 1. The first kappa shape index (κ1) is 23.9. The maximum atomic E-state index is 13.6. The lowest BCUT2D eigenvalue weighted by molar-refractivity contribution is 0.0696. The molecule has 6 nitrogen and oxygen atoms in total. The van der Waals surface area contributed by atoms with Gasteiger partial charge in [-0.05, 0) is 53.3 Å². The van der Waals surface area contributed by atoms with Gasteiger partial charge in [0.05, 0.1) is 19.2 Å². The van der Waals surface area contributed by atoms with E-state index in [4.69, 9.17) is 9.47 Å². The summed E-state index contributed by atoms with van der Waals surface area (Å²) < 4.78 is 11.5. The highest BCUT2D eigenvalue weighted by atomic mass is 16.6. The third-order valence-corrected chi connectivity index (χ3v) is 7.45. The molecule has 1 fully saturated rings. The van der Waals surface area contributed by atoms with Crippen LogP contribution in [0.25, 0.3) is 11.1 Å². The van der Waals surface area contributed by atoms with Crippen molar-refractivity contribution in [3.63, 3.8) is 0 Å². The third-order valence-electron chi connectivity index (χ3n) is 7.45. The van der Waals surface area contributed by atoms with E-state index in [1.165, 1.54) is 28.3 Å². The average molecular weight is 486 g/mol. The van der Waals surface area contributed by atoms with Crippen molar-refractivity contribution in [2.45, 2.75) is 50.6 Å². The molecule has 1 saturated carbocycles. The highest BCUT2D eigenvalue weighted by Crippen LogP contribution is 2.44. The van der Waals surface area contributed by atoms with E-state index in [1.54, 1.807) is 24.1 Å². The zero-order chi connectivity index (χ0) is 25.1. The van der Waals surface area contributed by atoms with Gasteiger partial charge >= 0.3 is 12.1 Å². The average Bonchev–Trinajstić information content (AvgIpc) is 3.24. The number of carbonyl (C=O) groups is 2. The van der Waals surface area contributed by atoms with Crippen molar-refractivity contribution in [1.82, 2.24) is 4.90 Å². The number of amides is 1. The lowest BCUT2D eigenvalue weighted by Gasteiger charge is -2.34. The second-order valence-electron chi connectivity index (χ2n) is 9.56. The SMILES string of the molecule is COc1ccc(C(=O)O)cc1CN(C(=O)OCC1c2ccccc2-c2ccccc21)C1CCCCC1. The summed E-state index contributed by atoms with van der Waals surface area (Å²) in [5.74, 6) is -0.462. The Balaban J connectivity index is 1.39. The van der Waals surface area contributed by atoms with Gasteiger partial charge in [0.15, 0.2) is 0 Å². The normalized spacial score (nSPS) is 15.1.